The lowest BCUT2D eigenvalue weighted by atomic mass is 10.3. The average Bonchev–Trinajstić information content (AvgIpc) is 3.26. The number of hydrogen-bond donors (Lipinski definition) is 1. The van der Waals surface area contributed by atoms with Gasteiger partial charge in [-0.15, -0.1) is 0 Å². The van der Waals surface area contributed by atoms with E-state index in [0.717, 1.165) is 35.8 Å². The van der Waals surface area contributed by atoms with Gasteiger partial charge in [-0.3, -0.25) is 0 Å². The van der Waals surface area contributed by atoms with Gasteiger partial charge >= 0.3 is 0 Å². The van der Waals surface area contributed by atoms with Crippen molar-refractivity contribution in [3.63, 3.8) is 0 Å². The largest absolute Gasteiger partial charge is 0.378 e. The summed E-state index contributed by atoms with van der Waals surface area (Å²) in [4.78, 5) is 19.7. The Balaban J connectivity index is 0.000000150. The molecule has 0 aliphatic carbocycles. The fourth-order valence-electron chi connectivity index (χ4n) is 2.68. The van der Waals surface area contributed by atoms with Crippen LogP contribution in [0, 0.1) is 5.82 Å². The molecule has 0 unspecified atom stereocenters. The lowest BCUT2D eigenvalue weighted by molar-refractivity contribution is 0.627. The Kier molecular flexibility index (Phi) is 4.88. The normalized spacial score (nSPS) is 13.7. The Hall–Kier alpha value is -2.70. The summed E-state index contributed by atoms with van der Waals surface area (Å²) in [7, 11) is 3.77. The highest BCUT2D eigenvalue weighted by atomic mass is 19.1. The molecule has 1 aliphatic heterocycles. The van der Waals surface area contributed by atoms with E-state index in [0.29, 0.717) is 0 Å². The molecule has 0 saturated carbocycles. The van der Waals surface area contributed by atoms with Gasteiger partial charge in [-0.2, -0.15) is 0 Å². The third-order valence-electron chi connectivity index (χ3n) is 3.93. The molecule has 1 N–H and O–H groups in total. The van der Waals surface area contributed by atoms with Crippen LogP contribution in [-0.2, 0) is 0 Å². The molecule has 2 aromatic heterocycles. The van der Waals surface area contributed by atoms with Crippen molar-refractivity contribution in [2.45, 2.75) is 12.8 Å². The van der Waals surface area contributed by atoms with Gasteiger partial charge in [0.25, 0.3) is 0 Å². The van der Waals surface area contributed by atoms with Crippen LogP contribution in [0.3, 0.4) is 0 Å². The van der Waals surface area contributed by atoms with Gasteiger partial charge in [0.2, 0.25) is 0 Å². The van der Waals surface area contributed by atoms with Crippen LogP contribution in [-0.4, -0.2) is 47.1 Å². The molecule has 0 atom stereocenters. The maximum Gasteiger partial charge on any atom is 0.182 e. The van der Waals surface area contributed by atoms with Crippen molar-refractivity contribution in [3.05, 3.63) is 42.7 Å². The summed E-state index contributed by atoms with van der Waals surface area (Å²) in [5.74, 6) is 0.802. The molecule has 4 rings (SSSR count). The van der Waals surface area contributed by atoms with Gasteiger partial charge in [-0.1, -0.05) is 6.07 Å². The van der Waals surface area contributed by atoms with E-state index in [9.17, 15) is 4.39 Å². The number of halogens is 1. The van der Waals surface area contributed by atoms with Gasteiger partial charge in [0.1, 0.15) is 17.7 Å². The van der Waals surface area contributed by atoms with Crippen LogP contribution >= 0.6 is 0 Å². The highest BCUT2D eigenvalue weighted by Crippen LogP contribution is 2.23. The second-order valence-electron chi connectivity index (χ2n) is 5.87. The lowest BCUT2D eigenvalue weighted by Gasteiger charge is -2.15. The number of aromatic amines is 1. The minimum Gasteiger partial charge on any atom is -0.378 e. The monoisotopic (exact) mass is 328 g/mol. The minimum atomic E-state index is -0.189. The van der Waals surface area contributed by atoms with Crippen molar-refractivity contribution >= 4 is 22.7 Å². The van der Waals surface area contributed by atoms with E-state index < -0.39 is 0 Å². The van der Waals surface area contributed by atoms with E-state index in [4.69, 9.17) is 0 Å². The molecule has 1 fully saturated rings. The SMILES string of the molecule is CN(C)c1cccc(F)c1.c1nc(N2CCCC2)c2[nH]cnc2n1. The second kappa shape index (κ2) is 7.25. The Morgan fingerprint density at radius 2 is 1.92 bits per heavy atom. The van der Waals surface area contributed by atoms with Gasteiger partial charge in [0, 0.05) is 32.9 Å². The van der Waals surface area contributed by atoms with E-state index in [1.807, 2.05) is 25.1 Å². The molecule has 126 valence electrons. The van der Waals surface area contributed by atoms with Gasteiger partial charge in [-0.05, 0) is 31.0 Å². The van der Waals surface area contributed by atoms with Crippen molar-refractivity contribution < 1.29 is 4.39 Å². The molecule has 0 bridgehead atoms. The molecule has 1 saturated heterocycles. The summed E-state index contributed by atoms with van der Waals surface area (Å²) < 4.78 is 12.5. The first-order chi connectivity index (χ1) is 11.6. The van der Waals surface area contributed by atoms with E-state index in [-0.39, 0.29) is 5.82 Å². The first-order valence-corrected chi connectivity index (χ1v) is 7.97. The molecule has 3 aromatic rings. The number of nitrogens with zero attached hydrogens (tertiary/aromatic N) is 5. The Bertz CT molecular complexity index is 794. The first kappa shape index (κ1) is 16.2. The predicted octanol–water partition coefficient (Wildman–Crippen LogP) is 2.84. The van der Waals surface area contributed by atoms with Crippen LogP contribution in [0.2, 0.25) is 0 Å². The van der Waals surface area contributed by atoms with E-state index in [1.165, 1.54) is 25.0 Å². The minimum absolute atomic E-state index is 0.189. The highest BCUT2D eigenvalue weighted by molar-refractivity contribution is 5.82. The van der Waals surface area contributed by atoms with Crippen LogP contribution in [0.4, 0.5) is 15.9 Å². The second-order valence-corrected chi connectivity index (χ2v) is 5.87. The smallest absolute Gasteiger partial charge is 0.182 e. The maximum atomic E-state index is 12.5. The zero-order chi connectivity index (χ0) is 16.9. The Morgan fingerprint density at radius 1 is 1.12 bits per heavy atom. The Morgan fingerprint density at radius 3 is 2.58 bits per heavy atom. The van der Waals surface area contributed by atoms with Gasteiger partial charge in [-0.25, -0.2) is 19.3 Å². The standard InChI is InChI=1S/C9H11N5.C8H10FN/c1-2-4-14(3-1)9-7-8(11-5-10-7)12-6-13-9;1-10(2)8-5-3-4-7(9)6-8/h5-6H,1-4H2,(H,10,11,12,13);3-6H,1-2H3. The van der Waals surface area contributed by atoms with E-state index in [2.05, 4.69) is 24.8 Å². The van der Waals surface area contributed by atoms with Gasteiger partial charge in [0.05, 0.1) is 6.33 Å². The number of benzene rings is 1. The van der Waals surface area contributed by atoms with Crippen LogP contribution in [0.1, 0.15) is 12.8 Å². The van der Waals surface area contributed by atoms with Gasteiger partial charge < -0.3 is 14.8 Å². The molecule has 0 amide bonds. The Labute approximate surface area is 140 Å². The molecule has 3 heterocycles. The molecule has 1 aromatic carbocycles. The van der Waals surface area contributed by atoms with Crippen LogP contribution in [0.5, 0.6) is 0 Å². The number of rotatable bonds is 2. The number of fused-ring (bicyclic) bond motifs is 1. The summed E-state index contributed by atoms with van der Waals surface area (Å²) >= 11 is 0. The fourth-order valence-corrected chi connectivity index (χ4v) is 2.68. The summed E-state index contributed by atoms with van der Waals surface area (Å²) in [6, 6.07) is 6.50. The van der Waals surface area contributed by atoms with E-state index in [1.54, 1.807) is 18.7 Å². The topological polar surface area (TPSA) is 60.9 Å². The predicted molar refractivity (Wildman–Crippen MR) is 93.9 cm³/mol. The lowest BCUT2D eigenvalue weighted by Crippen LogP contribution is -2.19. The quantitative estimate of drug-likeness (QED) is 0.784. The first-order valence-electron chi connectivity index (χ1n) is 7.97. The zero-order valence-electron chi connectivity index (χ0n) is 13.9. The third-order valence-corrected chi connectivity index (χ3v) is 3.93. The number of imidazole rings is 1. The van der Waals surface area contributed by atoms with Crippen molar-refractivity contribution in [2.75, 3.05) is 37.0 Å². The molecular formula is C17H21FN6. The zero-order valence-corrected chi connectivity index (χ0v) is 13.9. The third kappa shape index (κ3) is 3.61. The van der Waals surface area contributed by atoms with Crippen molar-refractivity contribution in [1.29, 1.82) is 0 Å². The number of nitrogens with one attached hydrogen (secondary N) is 1. The molecule has 7 heteroatoms. The van der Waals surface area contributed by atoms with Crippen molar-refractivity contribution in [1.82, 2.24) is 19.9 Å². The van der Waals surface area contributed by atoms with Crippen LogP contribution in [0.15, 0.2) is 36.9 Å². The summed E-state index contributed by atoms with van der Waals surface area (Å²) in [6.45, 7) is 2.18. The van der Waals surface area contributed by atoms with Crippen molar-refractivity contribution in [2.24, 2.45) is 0 Å². The van der Waals surface area contributed by atoms with Crippen LogP contribution in [0.25, 0.3) is 11.2 Å². The number of anilines is 2. The molecule has 0 spiro atoms. The average molecular weight is 328 g/mol. The summed E-state index contributed by atoms with van der Waals surface area (Å²) in [5.41, 5.74) is 2.59. The molecule has 0 radical (unpaired) electrons. The fraction of sp³-hybridized carbons (Fsp3) is 0.353. The summed E-state index contributed by atoms with van der Waals surface area (Å²) in [5, 5.41) is 0. The number of H-pyrrole nitrogens is 1. The van der Waals surface area contributed by atoms with Gasteiger partial charge in [0.15, 0.2) is 11.5 Å². The highest BCUT2D eigenvalue weighted by Gasteiger charge is 2.17. The molecular weight excluding hydrogens is 307 g/mol. The molecule has 24 heavy (non-hydrogen) atoms. The van der Waals surface area contributed by atoms with Crippen LogP contribution < -0.4 is 9.80 Å². The van der Waals surface area contributed by atoms with E-state index >= 15 is 0 Å². The number of hydrogen-bond acceptors (Lipinski definition) is 5. The molecule has 6 nitrogen and oxygen atoms in total. The number of aromatic nitrogens is 4. The molecule has 1 aliphatic rings. The summed E-state index contributed by atoms with van der Waals surface area (Å²) in [6.07, 6.45) is 5.75. The maximum absolute atomic E-state index is 12.5. The van der Waals surface area contributed by atoms with Crippen molar-refractivity contribution in [3.8, 4) is 0 Å².